The van der Waals surface area contributed by atoms with Crippen molar-refractivity contribution in [2.24, 2.45) is 0 Å². The standard InChI is InChI=1S/C14H15NOS/c1-10-5-3-4-6-13(10)17-14-11(2)7-12(9-16)8-15-14/h3-8,16H,9H2,1-2H3. The van der Waals surface area contributed by atoms with Gasteiger partial charge in [-0.1, -0.05) is 30.0 Å². The highest BCUT2D eigenvalue weighted by molar-refractivity contribution is 7.99. The lowest BCUT2D eigenvalue weighted by Crippen LogP contribution is -1.91. The number of aromatic nitrogens is 1. The lowest BCUT2D eigenvalue weighted by Gasteiger charge is -2.08. The van der Waals surface area contributed by atoms with Crippen LogP contribution < -0.4 is 0 Å². The van der Waals surface area contributed by atoms with E-state index in [1.807, 2.05) is 25.1 Å². The lowest BCUT2D eigenvalue weighted by molar-refractivity contribution is 0.281. The Bertz CT molecular complexity index is 525. The molecule has 0 bridgehead atoms. The Labute approximate surface area is 106 Å². The number of hydrogen-bond acceptors (Lipinski definition) is 3. The van der Waals surface area contributed by atoms with E-state index in [-0.39, 0.29) is 6.61 Å². The maximum absolute atomic E-state index is 9.04. The Kier molecular flexibility index (Phi) is 3.82. The molecule has 0 aliphatic rings. The van der Waals surface area contributed by atoms with Gasteiger partial charge in [-0.2, -0.15) is 0 Å². The first-order valence-corrected chi connectivity index (χ1v) is 6.32. The molecule has 0 atom stereocenters. The molecule has 0 saturated heterocycles. The van der Waals surface area contributed by atoms with Crippen molar-refractivity contribution in [3.63, 3.8) is 0 Å². The highest BCUT2D eigenvalue weighted by Gasteiger charge is 2.05. The number of aliphatic hydroxyl groups is 1. The number of benzene rings is 1. The summed E-state index contributed by atoms with van der Waals surface area (Å²) in [7, 11) is 0. The average molecular weight is 245 g/mol. The number of rotatable bonds is 3. The highest BCUT2D eigenvalue weighted by Crippen LogP contribution is 2.30. The number of hydrogen-bond donors (Lipinski definition) is 1. The van der Waals surface area contributed by atoms with Crippen molar-refractivity contribution in [1.82, 2.24) is 4.98 Å². The molecule has 0 amide bonds. The molecule has 0 spiro atoms. The SMILES string of the molecule is Cc1ccccc1Sc1ncc(CO)cc1C. The molecule has 1 N–H and O–H groups in total. The number of pyridine rings is 1. The molecule has 0 unspecified atom stereocenters. The molecule has 2 nitrogen and oxygen atoms in total. The first-order chi connectivity index (χ1) is 8.20. The highest BCUT2D eigenvalue weighted by atomic mass is 32.2. The molecular weight excluding hydrogens is 230 g/mol. The fourth-order valence-corrected chi connectivity index (χ4v) is 2.50. The van der Waals surface area contributed by atoms with Crippen molar-refractivity contribution in [1.29, 1.82) is 0 Å². The molecule has 0 aliphatic carbocycles. The van der Waals surface area contributed by atoms with Crippen molar-refractivity contribution in [2.45, 2.75) is 30.4 Å². The van der Waals surface area contributed by atoms with E-state index in [2.05, 4.69) is 24.0 Å². The van der Waals surface area contributed by atoms with Crippen LogP contribution in [-0.2, 0) is 6.61 Å². The van der Waals surface area contributed by atoms with E-state index in [4.69, 9.17) is 5.11 Å². The van der Waals surface area contributed by atoms with Crippen molar-refractivity contribution in [3.05, 3.63) is 53.2 Å². The largest absolute Gasteiger partial charge is 0.392 e. The van der Waals surface area contributed by atoms with Gasteiger partial charge in [0.25, 0.3) is 0 Å². The number of aryl methyl sites for hydroxylation is 2. The van der Waals surface area contributed by atoms with E-state index in [1.165, 1.54) is 10.5 Å². The van der Waals surface area contributed by atoms with Gasteiger partial charge in [0, 0.05) is 11.1 Å². The van der Waals surface area contributed by atoms with Gasteiger partial charge in [0.2, 0.25) is 0 Å². The molecule has 88 valence electrons. The monoisotopic (exact) mass is 245 g/mol. The predicted molar refractivity (Wildman–Crippen MR) is 70.2 cm³/mol. The summed E-state index contributed by atoms with van der Waals surface area (Å²) in [4.78, 5) is 5.61. The second kappa shape index (κ2) is 5.34. The van der Waals surface area contributed by atoms with Crippen LogP contribution in [0.1, 0.15) is 16.7 Å². The minimum atomic E-state index is 0.0448. The zero-order valence-corrected chi connectivity index (χ0v) is 10.8. The van der Waals surface area contributed by atoms with Gasteiger partial charge < -0.3 is 5.11 Å². The third kappa shape index (κ3) is 2.87. The van der Waals surface area contributed by atoms with Crippen LogP contribution in [0.15, 0.2) is 46.5 Å². The van der Waals surface area contributed by atoms with Crippen LogP contribution in [0.25, 0.3) is 0 Å². The Balaban J connectivity index is 2.28. The van der Waals surface area contributed by atoms with Crippen molar-refractivity contribution in [2.75, 3.05) is 0 Å². The predicted octanol–water partition coefficient (Wildman–Crippen LogP) is 3.34. The van der Waals surface area contributed by atoms with E-state index in [0.717, 1.165) is 16.2 Å². The third-order valence-electron chi connectivity index (χ3n) is 2.57. The molecule has 0 fully saturated rings. The molecule has 0 saturated carbocycles. The van der Waals surface area contributed by atoms with Crippen molar-refractivity contribution >= 4 is 11.8 Å². The summed E-state index contributed by atoms with van der Waals surface area (Å²) < 4.78 is 0. The summed E-state index contributed by atoms with van der Waals surface area (Å²) in [5.41, 5.74) is 3.21. The summed E-state index contributed by atoms with van der Waals surface area (Å²) in [6, 6.07) is 10.2. The van der Waals surface area contributed by atoms with Crippen LogP contribution in [0, 0.1) is 13.8 Å². The first kappa shape index (κ1) is 12.1. The van der Waals surface area contributed by atoms with Gasteiger partial charge in [0.15, 0.2) is 0 Å². The van der Waals surface area contributed by atoms with E-state index in [0.29, 0.717) is 0 Å². The van der Waals surface area contributed by atoms with Crippen molar-refractivity contribution < 1.29 is 5.11 Å². The van der Waals surface area contributed by atoms with E-state index < -0.39 is 0 Å². The van der Waals surface area contributed by atoms with Gasteiger partial charge in [0.05, 0.1) is 6.61 Å². The van der Waals surface area contributed by atoms with E-state index in [1.54, 1.807) is 18.0 Å². The molecule has 1 aromatic carbocycles. The molecule has 1 heterocycles. The molecule has 17 heavy (non-hydrogen) atoms. The quantitative estimate of drug-likeness (QED) is 0.900. The summed E-state index contributed by atoms with van der Waals surface area (Å²) >= 11 is 1.67. The topological polar surface area (TPSA) is 33.1 Å². The lowest BCUT2D eigenvalue weighted by atomic mass is 10.2. The Hall–Kier alpha value is -1.32. The molecular formula is C14H15NOS. The Morgan fingerprint density at radius 3 is 2.59 bits per heavy atom. The summed E-state index contributed by atoms with van der Waals surface area (Å²) in [5, 5.41) is 10.0. The molecule has 1 aromatic heterocycles. The van der Waals surface area contributed by atoms with Gasteiger partial charge in [0.1, 0.15) is 5.03 Å². The van der Waals surface area contributed by atoms with Gasteiger partial charge in [-0.05, 0) is 42.7 Å². The van der Waals surface area contributed by atoms with Gasteiger partial charge >= 0.3 is 0 Å². The number of aliphatic hydroxyl groups excluding tert-OH is 1. The van der Waals surface area contributed by atoms with Crippen LogP contribution in [0.3, 0.4) is 0 Å². The molecule has 0 radical (unpaired) electrons. The van der Waals surface area contributed by atoms with Crippen LogP contribution in [0.5, 0.6) is 0 Å². The van der Waals surface area contributed by atoms with Gasteiger partial charge in [-0.3, -0.25) is 0 Å². The van der Waals surface area contributed by atoms with Crippen molar-refractivity contribution in [3.8, 4) is 0 Å². The van der Waals surface area contributed by atoms with Gasteiger partial charge in [-0.15, -0.1) is 0 Å². The maximum atomic E-state index is 9.04. The maximum Gasteiger partial charge on any atom is 0.104 e. The summed E-state index contributed by atoms with van der Waals surface area (Å²) in [6.07, 6.45) is 1.73. The molecule has 2 aromatic rings. The van der Waals surface area contributed by atoms with Crippen LogP contribution in [0.2, 0.25) is 0 Å². The normalized spacial score (nSPS) is 10.5. The smallest absolute Gasteiger partial charge is 0.104 e. The van der Waals surface area contributed by atoms with E-state index >= 15 is 0 Å². The Morgan fingerprint density at radius 1 is 1.18 bits per heavy atom. The fourth-order valence-electron chi connectivity index (χ4n) is 1.59. The second-order valence-corrected chi connectivity index (χ2v) is 5.02. The summed E-state index contributed by atoms with van der Waals surface area (Å²) in [5.74, 6) is 0. The van der Waals surface area contributed by atoms with Gasteiger partial charge in [-0.25, -0.2) is 4.98 Å². The van der Waals surface area contributed by atoms with Crippen LogP contribution in [0.4, 0.5) is 0 Å². The summed E-state index contributed by atoms with van der Waals surface area (Å²) in [6.45, 7) is 4.16. The second-order valence-electron chi connectivity index (χ2n) is 3.99. The minimum absolute atomic E-state index is 0.0448. The van der Waals surface area contributed by atoms with Crippen LogP contribution >= 0.6 is 11.8 Å². The number of nitrogens with zero attached hydrogens (tertiary/aromatic N) is 1. The third-order valence-corrected chi connectivity index (χ3v) is 3.87. The van der Waals surface area contributed by atoms with Crippen LogP contribution in [-0.4, -0.2) is 10.1 Å². The molecule has 0 aliphatic heterocycles. The first-order valence-electron chi connectivity index (χ1n) is 5.50. The Morgan fingerprint density at radius 2 is 1.94 bits per heavy atom. The fraction of sp³-hybridized carbons (Fsp3) is 0.214. The minimum Gasteiger partial charge on any atom is -0.392 e. The molecule has 2 rings (SSSR count). The zero-order valence-electron chi connectivity index (χ0n) is 9.97. The average Bonchev–Trinajstić information content (AvgIpc) is 2.34. The van der Waals surface area contributed by atoms with E-state index in [9.17, 15) is 0 Å². The zero-order chi connectivity index (χ0) is 12.3. The molecule has 3 heteroatoms.